The first-order valence-electron chi connectivity index (χ1n) is 9.24. The van der Waals surface area contributed by atoms with Crippen LogP contribution in [0.2, 0.25) is 0 Å². The Morgan fingerprint density at radius 3 is 2.86 bits per heavy atom. The summed E-state index contributed by atoms with van der Waals surface area (Å²) < 4.78 is 0. The van der Waals surface area contributed by atoms with E-state index in [-0.39, 0.29) is 28.7 Å². The highest BCUT2D eigenvalue weighted by atomic mass is 16.6. The van der Waals surface area contributed by atoms with Crippen molar-refractivity contribution in [2.45, 2.75) is 25.4 Å². The summed E-state index contributed by atoms with van der Waals surface area (Å²) in [6, 6.07) is 13.5. The first-order chi connectivity index (χ1) is 13.5. The van der Waals surface area contributed by atoms with Gasteiger partial charge in [0, 0.05) is 31.2 Å². The van der Waals surface area contributed by atoms with Gasteiger partial charge in [-0.1, -0.05) is 30.3 Å². The number of rotatable bonds is 5. The van der Waals surface area contributed by atoms with Crippen LogP contribution < -0.4 is 10.9 Å². The number of nitro benzene ring substituents is 1. The van der Waals surface area contributed by atoms with Crippen LogP contribution in [0.25, 0.3) is 10.9 Å². The van der Waals surface area contributed by atoms with Crippen LogP contribution in [0.4, 0.5) is 11.4 Å². The zero-order valence-electron chi connectivity index (χ0n) is 15.5. The molecular weight excluding hydrogens is 358 g/mol. The summed E-state index contributed by atoms with van der Waals surface area (Å²) in [4.78, 5) is 31.9. The summed E-state index contributed by atoms with van der Waals surface area (Å²) >= 11 is 0. The lowest BCUT2D eigenvalue weighted by molar-refractivity contribution is -0.383. The molecule has 4 rings (SSSR count). The molecule has 8 nitrogen and oxygen atoms in total. The second-order valence-corrected chi connectivity index (χ2v) is 7.09. The molecule has 0 aliphatic carbocycles. The van der Waals surface area contributed by atoms with Crippen LogP contribution >= 0.6 is 0 Å². The highest BCUT2D eigenvalue weighted by Crippen LogP contribution is 2.31. The lowest BCUT2D eigenvalue weighted by Gasteiger charge is -2.25. The molecule has 144 valence electrons. The summed E-state index contributed by atoms with van der Waals surface area (Å²) in [5, 5.41) is 15.0. The number of likely N-dealkylation sites (tertiary alicyclic amines) is 1. The summed E-state index contributed by atoms with van der Waals surface area (Å²) in [5.41, 5.74) is 1.59. The van der Waals surface area contributed by atoms with Gasteiger partial charge in [-0.25, -0.2) is 4.98 Å². The quantitative estimate of drug-likeness (QED) is 0.521. The topological polar surface area (TPSA) is 104 Å². The number of nitrogens with zero attached hydrogens (tertiary/aromatic N) is 3. The van der Waals surface area contributed by atoms with Crippen LogP contribution in [-0.2, 0) is 0 Å². The molecule has 2 heterocycles. The Morgan fingerprint density at radius 1 is 1.32 bits per heavy atom. The monoisotopic (exact) mass is 379 g/mol. The molecule has 0 amide bonds. The Kier molecular flexibility index (Phi) is 4.79. The van der Waals surface area contributed by atoms with E-state index in [2.05, 4.69) is 39.2 Å². The minimum atomic E-state index is -0.465. The number of anilines is 1. The van der Waals surface area contributed by atoms with E-state index in [0.717, 1.165) is 19.5 Å². The van der Waals surface area contributed by atoms with Crippen molar-refractivity contribution in [2.24, 2.45) is 0 Å². The van der Waals surface area contributed by atoms with Gasteiger partial charge in [0.15, 0.2) is 0 Å². The van der Waals surface area contributed by atoms with Crippen molar-refractivity contribution in [1.82, 2.24) is 14.9 Å². The lowest BCUT2D eigenvalue weighted by Crippen LogP contribution is -2.28. The highest BCUT2D eigenvalue weighted by Gasteiger charge is 2.28. The standard InChI is InChI=1S/C20H21N5O3/c1-13(14-5-3-2-4-6-14)24-8-7-15(11-24)23-18-10-17-16(9-19(18)25(27)28)20(26)22-12-21-17/h2-6,9-10,12-13,15,23H,7-8,11H2,1H3,(H,21,22,26). The van der Waals surface area contributed by atoms with Crippen LogP contribution in [0, 0.1) is 10.1 Å². The largest absolute Gasteiger partial charge is 0.375 e. The number of nitrogens with one attached hydrogen (secondary N) is 2. The van der Waals surface area contributed by atoms with Crippen LogP contribution in [0.5, 0.6) is 0 Å². The first kappa shape index (κ1) is 18.1. The molecular formula is C20H21N5O3. The van der Waals surface area contributed by atoms with Crippen LogP contribution in [0.1, 0.15) is 24.9 Å². The van der Waals surface area contributed by atoms with E-state index >= 15 is 0 Å². The molecule has 0 radical (unpaired) electrons. The molecule has 1 aromatic heterocycles. The van der Waals surface area contributed by atoms with Gasteiger partial charge in [-0.3, -0.25) is 19.8 Å². The Morgan fingerprint density at radius 2 is 2.11 bits per heavy atom. The Labute approximate surface area is 161 Å². The van der Waals surface area contributed by atoms with Crippen LogP contribution in [0.15, 0.2) is 53.6 Å². The van der Waals surface area contributed by atoms with Gasteiger partial charge in [-0.05, 0) is 25.0 Å². The van der Waals surface area contributed by atoms with Gasteiger partial charge in [0.25, 0.3) is 11.2 Å². The molecule has 0 bridgehead atoms. The van der Waals surface area contributed by atoms with Gasteiger partial charge in [-0.15, -0.1) is 0 Å². The molecule has 2 unspecified atom stereocenters. The number of hydrogen-bond acceptors (Lipinski definition) is 6. The van der Waals surface area contributed by atoms with Crippen molar-refractivity contribution in [2.75, 3.05) is 18.4 Å². The van der Waals surface area contributed by atoms with E-state index < -0.39 is 4.92 Å². The molecule has 0 spiro atoms. The second kappa shape index (κ2) is 7.40. The summed E-state index contributed by atoms with van der Waals surface area (Å²) in [6.07, 6.45) is 2.19. The SMILES string of the molecule is CC(c1ccccc1)N1CCC(Nc2cc3nc[nH]c(=O)c3cc2[N+](=O)[O-])C1. The molecule has 0 saturated carbocycles. The van der Waals surface area contributed by atoms with E-state index in [9.17, 15) is 14.9 Å². The Balaban J connectivity index is 1.56. The molecule has 3 aromatic rings. The van der Waals surface area contributed by atoms with Gasteiger partial charge < -0.3 is 10.3 Å². The normalized spacial score (nSPS) is 18.2. The minimum Gasteiger partial charge on any atom is -0.375 e. The lowest BCUT2D eigenvalue weighted by atomic mass is 10.1. The molecule has 2 aromatic carbocycles. The van der Waals surface area contributed by atoms with Crippen molar-refractivity contribution in [3.8, 4) is 0 Å². The predicted molar refractivity (Wildman–Crippen MR) is 107 cm³/mol. The maximum atomic E-state index is 11.9. The summed E-state index contributed by atoms with van der Waals surface area (Å²) in [6.45, 7) is 3.87. The van der Waals surface area contributed by atoms with E-state index in [4.69, 9.17) is 0 Å². The maximum absolute atomic E-state index is 11.9. The number of aromatic nitrogens is 2. The van der Waals surface area contributed by atoms with E-state index in [1.165, 1.54) is 18.0 Å². The number of fused-ring (bicyclic) bond motifs is 1. The zero-order valence-corrected chi connectivity index (χ0v) is 15.5. The van der Waals surface area contributed by atoms with Crippen LogP contribution in [0.3, 0.4) is 0 Å². The van der Waals surface area contributed by atoms with Crippen molar-refractivity contribution >= 4 is 22.3 Å². The van der Waals surface area contributed by atoms with E-state index in [1.807, 2.05) is 18.2 Å². The molecule has 1 saturated heterocycles. The van der Waals surface area contributed by atoms with Gasteiger partial charge in [0.2, 0.25) is 0 Å². The third kappa shape index (κ3) is 3.46. The molecule has 2 N–H and O–H groups in total. The van der Waals surface area contributed by atoms with Crippen molar-refractivity contribution in [3.05, 3.63) is 74.8 Å². The third-order valence-corrected chi connectivity index (χ3v) is 5.36. The first-order valence-corrected chi connectivity index (χ1v) is 9.24. The molecule has 1 aliphatic heterocycles. The summed E-state index contributed by atoms with van der Waals surface area (Å²) in [5.74, 6) is 0. The number of hydrogen-bond donors (Lipinski definition) is 2. The Bertz CT molecular complexity index is 1070. The molecule has 2 atom stereocenters. The third-order valence-electron chi connectivity index (χ3n) is 5.36. The van der Waals surface area contributed by atoms with Gasteiger partial charge in [0.1, 0.15) is 5.69 Å². The number of benzene rings is 2. The van der Waals surface area contributed by atoms with Gasteiger partial charge in [0.05, 0.1) is 22.2 Å². The van der Waals surface area contributed by atoms with Gasteiger partial charge >= 0.3 is 0 Å². The molecule has 8 heteroatoms. The molecule has 1 fully saturated rings. The van der Waals surface area contributed by atoms with Crippen molar-refractivity contribution < 1.29 is 4.92 Å². The van der Waals surface area contributed by atoms with Crippen LogP contribution in [-0.4, -0.2) is 38.9 Å². The average Bonchev–Trinajstić information content (AvgIpc) is 3.16. The van der Waals surface area contributed by atoms with Gasteiger partial charge in [-0.2, -0.15) is 0 Å². The predicted octanol–water partition coefficient (Wildman–Crippen LogP) is 3.08. The summed E-state index contributed by atoms with van der Waals surface area (Å²) in [7, 11) is 0. The fourth-order valence-corrected chi connectivity index (χ4v) is 3.79. The number of nitro groups is 1. The molecule has 28 heavy (non-hydrogen) atoms. The molecule has 1 aliphatic rings. The Hall–Kier alpha value is -3.26. The average molecular weight is 379 g/mol. The highest BCUT2D eigenvalue weighted by molar-refractivity contribution is 5.86. The number of aromatic amines is 1. The number of H-pyrrole nitrogens is 1. The second-order valence-electron chi connectivity index (χ2n) is 7.09. The smallest absolute Gasteiger partial charge is 0.293 e. The van der Waals surface area contributed by atoms with E-state index in [1.54, 1.807) is 6.07 Å². The van der Waals surface area contributed by atoms with Crippen molar-refractivity contribution in [3.63, 3.8) is 0 Å². The fourth-order valence-electron chi connectivity index (χ4n) is 3.79. The fraction of sp³-hybridized carbons (Fsp3) is 0.300. The maximum Gasteiger partial charge on any atom is 0.293 e. The van der Waals surface area contributed by atoms with E-state index in [0.29, 0.717) is 11.2 Å². The zero-order chi connectivity index (χ0) is 19.7. The van der Waals surface area contributed by atoms with Crippen molar-refractivity contribution in [1.29, 1.82) is 0 Å². The minimum absolute atomic E-state index is 0.0873.